The zero-order chi connectivity index (χ0) is 14.8. The standard InChI is InChI=1S/C18H18N2Si/c1-11-16-15-10-9-13-7-5-6-8-14(13)17(15)21(3,4)18(16)20-12(2)19-11/h5-10H,1-4H3. The molecule has 0 fully saturated rings. The van der Waals surface area contributed by atoms with E-state index in [2.05, 4.69) is 61.4 Å². The smallest absolute Gasteiger partial charge is 0.138 e. The molecule has 2 aromatic carbocycles. The number of hydrogen-bond acceptors (Lipinski definition) is 2. The third-order valence-corrected chi connectivity index (χ3v) is 7.95. The maximum atomic E-state index is 4.84. The second-order valence-electron chi connectivity index (χ2n) is 6.41. The summed E-state index contributed by atoms with van der Waals surface area (Å²) < 4.78 is 0. The zero-order valence-electron chi connectivity index (χ0n) is 12.9. The predicted octanol–water partition coefficient (Wildman–Crippen LogP) is 3.05. The fourth-order valence-corrected chi connectivity index (χ4v) is 7.16. The molecule has 0 N–H and O–H groups in total. The fourth-order valence-electron chi connectivity index (χ4n) is 3.76. The van der Waals surface area contributed by atoms with Crippen molar-refractivity contribution < 1.29 is 0 Å². The summed E-state index contributed by atoms with van der Waals surface area (Å²) in [6.45, 7) is 8.94. The number of aryl methyl sites for hydroxylation is 2. The molecule has 0 atom stereocenters. The molecule has 0 bridgehead atoms. The van der Waals surface area contributed by atoms with Gasteiger partial charge in [-0.15, -0.1) is 0 Å². The van der Waals surface area contributed by atoms with Gasteiger partial charge in [0, 0.05) is 16.6 Å². The van der Waals surface area contributed by atoms with Gasteiger partial charge in [0.1, 0.15) is 13.9 Å². The fraction of sp³-hybridized carbons (Fsp3) is 0.222. The van der Waals surface area contributed by atoms with Gasteiger partial charge in [-0.1, -0.05) is 49.5 Å². The molecule has 2 nitrogen and oxygen atoms in total. The highest BCUT2D eigenvalue weighted by atomic mass is 28.3. The van der Waals surface area contributed by atoms with Gasteiger partial charge in [-0.05, 0) is 35.4 Å². The van der Waals surface area contributed by atoms with Gasteiger partial charge in [-0.25, -0.2) is 9.97 Å². The first-order valence-corrected chi connectivity index (χ1v) is 10.4. The highest BCUT2D eigenvalue weighted by Crippen LogP contribution is 2.32. The molecule has 0 saturated heterocycles. The van der Waals surface area contributed by atoms with Crippen molar-refractivity contribution in [2.24, 2.45) is 0 Å². The molecule has 21 heavy (non-hydrogen) atoms. The Balaban J connectivity index is 2.20. The lowest BCUT2D eigenvalue weighted by Crippen LogP contribution is -2.51. The lowest BCUT2D eigenvalue weighted by atomic mass is 10.0. The number of aromatic nitrogens is 2. The van der Waals surface area contributed by atoms with E-state index >= 15 is 0 Å². The Kier molecular flexibility index (Phi) is 2.43. The Morgan fingerprint density at radius 1 is 0.905 bits per heavy atom. The van der Waals surface area contributed by atoms with Crippen LogP contribution in [0.1, 0.15) is 11.5 Å². The summed E-state index contributed by atoms with van der Waals surface area (Å²) in [7, 11) is -1.76. The van der Waals surface area contributed by atoms with E-state index in [1.165, 1.54) is 32.4 Å². The van der Waals surface area contributed by atoms with Crippen LogP contribution in [0.2, 0.25) is 13.1 Å². The normalized spacial score (nSPS) is 15.0. The van der Waals surface area contributed by atoms with Crippen LogP contribution >= 0.6 is 0 Å². The third-order valence-electron chi connectivity index (χ3n) is 4.62. The summed E-state index contributed by atoms with van der Waals surface area (Å²) in [4.78, 5) is 9.44. The van der Waals surface area contributed by atoms with Crippen LogP contribution in [0, 0.1) is 13.8 Å². The van der Waals surface area contributed by atoms with E-state index in [0.717, 1.165) is 11.5 Å². The molecule has 3 heteroatoms. The Morgan fingerprint density at radius 2 is 1.67 bits per heavy atom. The van der Waals surface area contributed by atoms with Crippen LogP contribution in [0.4, 0.5) is 0 Å². The van der Waals surface area contributed by atoms with Crippen molar-refractivity contribution in [2.75, 3.05) is 0 Å². The molecule has 0 saturated carbocycles. The Bertz CT molecular complexity index is 897. The summed E-state index contributed by atoms with van der Waals surface area (Å²) in [5.41, 5.74) is 3.77. The molecule has 0 amide bonds. The molecule has 0 spiro atoms. The number of hydrogen-bond donors (Lipinski definition) is 0. The van der Waals surface area contributed by atoms with Gasteiger partial charge >= 0.3 is 0 Å². The minimum absolute atomic E-state index is 0.893. The van der Waals surface area contributed by atoms with Gasteiger partial charge in [0.25, 0.3) is 0 Å². The van der Waals surface area contributed by atoms with Crippen LogP contribution in [0.15, 0.2) is 36.4 Å². The summed E-state index contributed by atoms with van der Waals surface area (Å²) in [6, 6.07) is 13.2. The van der Waals surface area contributed by atoms with Gasteiger partial charge in [0.15, 0.2) is 0 Å². The van der Waals surface area contributed by atoms with Crippen LogP contribution in [0.3, 0.4) is 0 Å². The van der Waals surface area contributed by atoms with Crippen molar-refractivity contribution in [1.29, 1.82) is 0 Å². The minimum Gasteiger partial charge on any atom is -0.242 e. The number of nitrogens with zero attached hydrogens (tertiary/aromatic N) is 2. The topological polar surface area (TPSA) is 25.8 Å². The van der Waals surface area contributed by atoms with Gasteiger partial charge in [0.2, 0.25) is 0 Å². The molecule has 2 heterocycles. The van der Waals surface area contributed by atoms with Crippen molar-refractivity contribution >= 4 is 29.4 Å². The average Bonchev–Trinajstić information content (AvgIpc) is 2.68. The van der Waals surface area contributed by atoms with E-state index < -0.39 is 8.07 Å². The van der Waals surface area contributed by atoms with Crippen molar-refractivity contribution in [3.8, 4) is 11.1 Å². The van der Waals surface area contributed by atoms with Crippen molar-refractivity contribution in [1.82, 2.24) is 9.97 Å². The molecule has 3 aromatic rings. The molecular formula is C18H18N2Si. The van der Waals surface area contributed by atoms with Gasteiger partial charge in [-0.3, -0.25) is 0 Å². The maximum Gasteiger partial charge on any atom is 0.138 e. The van der Waals surface area contributed by atoms with E-state index in [1.807, 2.05) is 6.92 Å². The van der Waals surface area contributed by atoms with E-state index in [1.54, 1.807) is 0 Å². The Hall–Kier alpha value is -2.00. The van der Waals surface area contributed by atoms with E-state index in [-0.39, 0.29) is 0 Å². The molecule has 0 aliphatic carbocycles. The van der Waals surface area contributed by atoms with Crippen LogP contribution in [0.5, 0.6) is 0 Å². The van der Waals surface area contributed by atoms with Gasteiger partial charge < -0.3 is 0 Å². The van der Waals surface area contributed by atoms with Gasteiger partial charge in [-0.2, -0.15) is 0 Å². The third kappa shape index (κ3) is 1.58. The predicted molar refractivity (Wildman–Crippen MR) is 91.2 cm³/mol. The first-order chi connectivity index (χ1) is 10.00. The average molecular weight is 290 g/mol. The van der Waals surface area contributed by atoms with Crippen LogP contribution < -0.4 is 10.5 Å². The Morgan fingerprint density at radius 3 is 2.48 bits per heavy atom. The van der Waals surface area contributed by atoms with Gasteiger partial charge in [0.05, 0.1) is 0 Å². The number of fused-ring (bicyclic) bond motifs is 5. The highest BCUT2D eigenvalue weighted by molar-refractivity contribution is 7.04. The summed E-state index contributed by atoms with van der Waals surface area (Å²) in [5, 5.41) is 5.55. The Labute approximate surface area is 125 Å². The lowest BCUT2D eigenvalue weighted by Gasteiger charge is -2.19. The van der Waals surface area contributed by atoms with Crippen LogP contribution in [-0.4, -0.2) is 18.0 Å². The number of benzene rings is 2. The van der Waals surface area contributed by atoms with E-state index in [0.29, 0.717) is 0 Å². The first-order valence-electron chi connectivity index (χ1n) is 7.38. The second-order valence-corrected chi connectivity index (χ2v) is 10.6. The monoisotopic (exact) mass is 290 g/mol. The zero-order valence-corrected chi connectivity index (χ0v) is 13.9. The summed E-state index contributed by atoms with van der Waals surface area (Å²) >= 11 is 0. The second kappa shape index (κ2) is 4.01. The van der Waals surface area contributed by atoms with Crippen molar-refractivity contribution in [3.05, 3.63) is 47.9 Å². The molecule has 0 radical (unpaired) electrons. The highest BCUT2D eigenvalue weighted by Gasteiger charge is 2.41. The first kappa shape index (κ1) is 12.7. The lowest BCUT2D eigenvalue weighted by molar-refractivity contribution is 1.03. The number of rotatable bonds is 0. The molecule has 104 valence electrons. The molecule has 1 aromatic heterocycles. The molecule has 1 aliphatic rings. The van der Waals surface area contributed by atoms with Crippen molar-refractivity contribution in [2.45, 2.75) is 26.9 Å². The SMILES string of the molecule is Cc1nc(C)c2c(n1)[Si](C)(C)c1c-2ccc2ccccc12. The van der Waals surface area contributed by atoms with Crippen LogP contribution in [-0.2, 0) is 0 Å². The minimum atomic E-state index is -1.76. The van der Waals surface area contributed by atoms with Crippen LogP contribution in [0.25, 0.3) is 21.9 Å². The van der Waals surface area contributed by atoms with Crippen molar-refractivity contribution in [3.63, 3.8) is 0 Å². The van der Waals surface area contributed by atoms with E-state index in [9.17, 15) is 0 Å². The molecule has 0 unspecified atom stereocenters. The summed E-state index contributed by atoms with van der Waals surface area (Å²) in [6.07, 6.45) is 0. The summed E-state index contributed by atoms with van der Waals surface area (Å²) in [5.74, 6) is 0.893. The molecular weight excluding hydrogens is 272 g/mol. The molecule has 1 aliphatic heterocycles. The quantitative estimate of drug-likeness (QED) is 0.595. The largest absolute Gasteiger partial charge is 0.242 e. The maximum absolute atomic E-state index is 4.84. The van der Waals surface area contributed by atoms with E-state index in [4.69, 9.17) is 4.98 Å². The molecule has 4 rings (SSSR count).